The fraction of sp³-hybridized carbons (Fsp3) is 0.440. The molecular formula is C25H33Cl2N3O4S. The Labute approximate surface area is 218 Å². The van der Waals surface area contributed by atoms with Gasteiger partial charge in [-0.15, -0.1) is 0 Å². The zero-order valence-corrected chi connectivity index (χ0v) is 23.0. The van der Waals surface area contributed by atoms with Crippen LogP contribution in [0.4, 0.5) is 5.69 Å². The van der Waals surface area contributed by atoms with Crippen LogP contribution < -0.4 is 9.62 Å². The predicted molar refractivity (Wildman–Crippen MR) is 142 cm³/mol. The van der Waals surface area contributed by atoms with Gasteiger partial charge in [0.1, 0.15) is 6.04 Å². The first kappa shape index (κ1) is 28.9. The zero-order chi connectivity index (χ0) is 26.3. The van der Waals surface area contributed by atoms with Gasteiger partial charge in [-0.2, -0.15) is 0 Å². The van der Waals surface area contributed by atoms with Gasteiger partial charge in [-0.3, -0.25) is 13.9 Å². The molecule has 35 heavy (non-hydrogen) atoms. The lowest BCUT2D eigenvalue weighted by molar-refractivity contribution is -0.140. The Morgan fingerprint density at radius 3 is 2.26 bits per heavy atom. The van der Waals surface area contributed by atoms with E-state index < -0.39 is 16.1 Å². The number of sulfonamides is 1. The quantitative estimate of drug-likeness (QED) is 0.443. The maximum atomic E-state index is 13.3. The molecule has 0 radical (unpaired) electrons. The summed E-state index contributed by atoms with van der Waals surface area (Å²) in [6, 6.07) is 11.5. The molecule has 0 saturated heterocycles. The third-order valence-electron chi connectivity index (χ3n) is 5.47. The summed E-state index contributed by atoms with van der Waals surface area (Å²) in [4.78, 5) is 27.5. The van der Waals surface area contributed by atoms with Gasteiger partial charge in [0.25, 0.3) is 0 Å². The number of hydrogen-bond acceptors (Lipinski definition) is 4. The molecule has 1 atom stereocenters. The minimum Gasteiger partial charge on any atom is -0.352 e. The van der Waals surface area contributed by atoms with Gasteiger partial charge in [0.15, 0.2) is 0 Å². The Kier molecular flexibility index (Phi) is 10.4. The molecule has 1 N–H and O–H groups in total. The predicted octanol–water partition coefficient (Wildman–Crippen LogP) is 4.79. The Hall–Kier alpha value is -2.29. The summed E-state index contributed by atoms with van der Waals surface area (Å²) in [6.07, 6.45) is 1.51. The summed E-state index contributed by atoms with van der Waals surface area (Å²) in [7, 11) is -3.54. The smallest absolute Gasteiger partial charge is 0.242 e. The van der Waals surface area contributed by atoms with E-state index in [9.17, 15) is 18.0 Å². The molecule has 7 nitrogen and oxygen atoms in total. The van der Waals surface area contributed by atoms with E-state index in [1.807, 2.05) is 32.9 Å². The van der Waals surface area contributed by atoms with Crippen molar-refractivity contribution < 1.29 is 18.0 Å². The first-order valence-corrected chi connectivity index (χ1v) is 14.0. The maximum Gasteiger partial charge on any atom is 0.242 e. The van der Waals surface area contributed by atoms with E-state index in [0.717, 1.165) is 17.4 Å². The summed E-state index contributed by atoms with van der Waals surface area (Å²) < 4.78 is 26.2. The van der Waals surface area contributed by atoms with Crippen molar-refractivity contribution in [3.63, 3.8) is 0 Å². The third kappa shape index (κ3) is 8.40. The number of nitrogens with one attached hydrogen (secondary N) is 1. The highest BCUT2D eigenvalue weighted by Crippen LogP contribution is 2.25. The lowest BCUT2D eigenvalue weighted by Crippen LogP contribution is -2.49. The van der Waals surface area contributed by atoms with Crippen molar-refractivity contribution in [1.29, 1.82) is 0 Å². The second-order valence-electron chi connectivity index (χ2n) is 8.83. The number of aryl methyl sites for hydroxylation is 1. The molecule has 192 valence electrons. The summed E-state index contributed by atoms with van der Waals surface area (Å²) in [5, 5.41) is 3.60. The topological polar surface area (TPSA) is 86.8 Å². The molecule has 0 saturated carbocycles. The Morgan fingerprint density at radius 2 is 1.69 bits per heavy atom. The molecule has 2 amide bonds. The lowest BCUT2D eigenvalue weighted by atomic mass is 10.1. The van der Waals surface area contributed by atoms with Crippen molar-refractivity contribution in [2.75, 3.05) is 17.1 Å². The van der Waals surface area contributed by atoms with Crippen molar-refractivity contribution >= 4 is 50.7 Å². The van der Waals surface area contributed by atoms with E-state index in [-0.39, 0.29) is 43.8 Å². The van der Waals surface area contributed by atoms with E-state index in [0.29, 0.717) is 15.7 Å². The molecule has 2 aromatic rings. The molecule has 0 aromatic heterocycles. The first-order valence-electron chi connectivity index (χ1n) is 11.4. The average Bonchev–Trinajstić information content (AvgIpc) is 2.76. The van der Waals surface area contributed by atoms with Crippen LogP contribution in [0.25, 0.3) is 0 Å². The van der Waals surface area contributed by atoms with E-state index in [2.05, 4.69) is 5.32 Å². The Balaban J connectivity index is 2.20. The number of rotatable bonds is 11. The van der Waals surface area contributed by atoms with Crippen LogP contribution in [0.15, 0.2) is 42.5 Å². The average molecular weight is 543 g/mol. The number of hydrogen-bond donors (Lipinski definition) is 1. The van der Waals surface area contributed by atoms with Gasteiger partial charge in [0.05, 0.1) is 22.0 Å². The van der Waals surface area contributed by atoms with Gasteiger partial charge in [0, 0.05) is 25.6 Å². The van der Waals surface area contributed by atoms with Crippen molar-refractivity contribution in [3.8, 4) is 0 Å². The van der Waals surface area contributed by atoms with E-state index in [1.165, 1.54) is 9.21 Å². The number of benzene rings is 2. The Bertz CT molecular complexity index is 1160. The zero-order valence-electron chi connectivity index (χ0n) is 20.7. The van der Waals surface area contributed by atoms with Gasteiger partial charge in [-0.05, 0) is 63.4 Å². The van der Waals surface area contributed by atoms with Gasteiger partial charge >= 0.3 is 0 Å². The van der Waals surface area contributed by atoms with Crippen LogP contribution in [0.1, 0.15) is 44.7 Å². The van der Waals surface area contributed by atoms with E-state index in [1.54, 1.807) is 37.3 Å². The lowest BCUT2D eigenvalue weighted by Gasteiger charge is -2.30. The van der Waals surface area contributed by atoms with Gasteiger partial charge < -0.3 is 10.2 Å². The number of para-hydroxylation sites is 1. The van der Waals surface area contributed by atoms with Crippen LogP contribution in [-0.4, -0.2) is 50.0 Å². The number of anilines is 1. The van der Waals surface area contributed by atoms with Crippen LogP contribution in [0.3, 0.4) is 0 Å². The largest absolute Gasteiger partial charge is 0.352 e. The number of carbonyl (C=O) groups is 2. The number of amides is 2. The Morgan fingerprint density at radius 1 is 1.03 bits per heavy atom. The fourth-order valence-corrected chi connectivity index (χ4v) is 4.99. The minimum absolute atomic E-state index is 0.0680. The van der Waals surface area contributed by atoms with E-state index >= 15 is 0 Å². The standard InChI is InChI=1S/C25H33Cl2N3O4S/c1-17(2)28-25(32)19(4)29(16-20-12-13-21(26)22(27)15-20)24(31)11-8-14-30(35(5,33)34)23-10-7-6-9-18(23)3/h6-7,9-10,12-13,15,17,19H,8,11,14,16H2,1-5H3,(H,28,32)/t19-/m1/s1. The number of carbonyl (C=O) groups excluding carboxylic acids is 2. The van der Waals surface area contributed by atoms with Crippen molar-refractivity contribution in [2.24, 2.45) is 0 Å². The molecule has 2 rings (SSSR count). The van der Waals surface area contributed by atoms with Crippen LogP contribution in [0.5, 0.6) is 0 Å². The maximum absolute atomic E-state index is 13.3. The molecule has 0 spiro atoms. The van der Waals surface area contributed by atoms with Crippen LogP contribution in [0, 0.1) is 6.92 Å². The summed E-state index contributed by atoms with van der Waals surface area (Å²) >= 11 is 12.2. The summed E-state index contributed by atoms with van der Waals surface area (Å²) in [6.45, 7) is 7.51. The minimum atomic E-state index is -3.54. The highest BCUT2D eigenvalue weighted by atomic mass is 35.5. The third-order valence-corrected chi connectivity index (χ3v) is 7.39. The fourth-order valence-electron chi connectivity index (χ4n) is 3.65. The number of halogens is 2. The molecule has 0 aliphatic carbocycles. The molecular weight excluding hydrogens is 509 g/mol. The van der Waals surface area contributed by atoms with Crippen LogP contribution in [-0.2, 0) is 26.2 Å². The molecule has 0 aliphatic heterocycles. The molecule has 0 heterocycles. The molecule has 0 bridgehead atoms. The second-order valence-corrected chi connectivity index (χ2v) is 11.6. The number of nitrogens with zero attached hydrogens (tertiary/aromatic N) is 2. The van der Waals surface area contributed by atoms with Crippen LogP contribution in [0.2, 0.25) is 10.0 Å². The van der Waals surface area contributed by atoms with E-state index in [4.69, 9.17) is 23.2 Å². The highest BCUT2D eigenvalue weighted by Gasteiger charge is 2.27. The molecule has 0 unspecified atom stereocenters. The normalized spacial score (nSPS) is 12.3. The SMILES string of the molecule is Cc1ccccc1N(CCCC(=O)N(Cc1ccc(Cl)c(Cl)c1)[C@H](C)C(=O)NC(C)C)S(C)(=O)=O. The monoisotopic (exact) mass is 541 g/mol. The molecule has 0 aliphatic rings. The van der Waals surface area contributed by atoms with Gasteiger partial charge in [-0.25, -0.2) is 8.42 Å². The summed E-state index contributed by atoms with van der Waals surface area (Å²) in [5.74, 6) is -0.535. The van der Waals surface area contributed by atoms with Crippen LogP contribution >= 0.6 is 23.2 Å². The highest BCUT2D eigenvalue weighted by molar-refractivity contribution is 7.92. The van der Waals surface area contributed by atoms with Crippen molar-refractivity contribution in [3.05, 3.63) is 63.6 Å². The van der Waals surface area contributed by atoms with Gasteiger partial charge in [0.2, 0.25) is 21.8 Å². The molecule has 0 fully saturated rings. The van der Waals surface area contributed by atoms with Crippen molar-refractivity contribution in [1.82, 2.24) is 10.2 Å². The molecule has 2 aromatic carbocycles. The summed E-state index contributed by atoms with van der Waals surface area (Å²) in [5.41, 5.74) is 2.14. The van der Waals surface area contributed by atoms with Gasteiger partial charge in [-0.1, -0.05) is 47.5 Å². The van der Waals surface area contributed by atoms with Crippen molar-refractivity contribution in [2.45, 2.75) is 59.2 Å². The molecule has 10 heteroatoms. The second kappa shape index (κ2) is 12.6. The first-order chi connectivity index (χ1) is 16.3.